The highest BCUT2D eigenvalue weighted by Gasteiger charge is 2.12. The summed E-state index contributed by atoms with van der Waals surface area (Å²) in [6.45, 7) is 6.04. The highest BCUT2D eigenvalue weighted by molar-refractivity contribution is 5.80. The van der Waals surface area contributed by atoms with Crippen molar-refractivity contribution in [3.05, 3.63) is 28.8 Å². The number of phenols is 1. The van der Waals surface area contributed by atoms with Gasteiger partial charge < -0.3 is 5.11 Å². The van der Waals surface area contributed by atoms with Crippen LogP contribution in [0.15, 0.2) is 12.1 Å². The van der Waals surface area contributed by atoms with Crippen LogP contribution in [0.2, 0.25) is 0 Å². The molecule has 0 aromatic heterocycles. The van der Waals surface area contributed by atoms with E-state index in [-0.39, 0.29) is 11.7 Å². The number of aryl methyl sites for hydroxylation is 1. The van der Waals surface area contributed by atoms with E-state index < -0.39 is 0 Å². The van der Waals surface area contributed by atoms with Gasteiger partial charge in [-0.05, 0) is 36.5 Å². The Labute approximate surface area is 84.6 Å². The number of aldehydes is 1. The number of aromatic hydroxyl groups is 1. The van der Waals surface area contributed by atoms with Crippen molar-refractivity contribution < 1.29 is 9.90 Å². The minimum absolute atomic E-state index is 0.139. The van der Waals surface area contributed by atoms with Gasteiger partial charge in [0.2, 0.25) is 0 Å². The van der Waals surface area contributed by atoms with E-state index in [1.165, 1.54) is 0 Å². The molecule has 0 radical (unpaired) electrons. The summed E-state index contributed by atoms with van der Waals surface area (Å²) in [6, 6.07) is 3.64. The van der Waals surface area contributed by atoms with Gasteiger partial charge in [0.05, 0.1) is 5.56 Å². The summed E-state index contributed by atoms with van der Waals surface area (Å²) >= 11 is 0. The lowest BCUT2D eigenvalue weighted by Crippen LogP contribution is -1.96. The maximum atomic E-state index is 10.7. The first-order valence-corrected chi connectivity index (χ1v) is 4.88. The summed E-state index contributed by atoms with van der Waals surface area (Å²) in [5.41, 5.74) is 2.27. The Morgan fingerprint density at radius 3 is 2.64 bits per heavy atom. The smallest absolute Gasteiger partial charge is 0.153 e. The van der Waals surface area contributed by atoms with Gasteiger partial charge in [-0.2, -0.15) is 0 Å². The average Bonchev–Trinajstić information content (AvgIpc) is 2.19. The quantitative estimate of drug-likeness (QED) is 0.747. The first-order chi connectivity index (χ1) is 6.60. The Hall–Kier alpha value is -1.31. The lowest BCUT2D eigenvalue weighted by Gasteiger charge is -2.13. The van der Waals surface area contributed by atoms with E-state index in [9.17, 15) is 9.90 Å². The molecule has 76 valence electrons. The summed E-state index contributed by atoms with van der Waals surface area (Å²) in [6.07, 6.45) is 1.66. The summed E-state index contributed by atoms with van der Waals surface area (Å²) < 4.78 is 0. The maximum Gasteiger partial charge on any atom is 0.153 e. The number of hydrogen-bond donors (Lipinski definition) is 1. The molecule has 0 aliphatic heterocycles. The zero-order valence-electron chi connectivity index (χ0n) is 8.87. The molecule has 0 fully saturated rings. The molecule has 0 amide bonds. The van der Waals surface area contributed by atoms with Crippen molar-refractivity contribution in [3.63, 3.8) is 0 Å². The molecule has 0 saturated heterocycles. The monoisotopic (exact) mass is 192 g/mol. The minimum Gasteiger partial charge on any atom is -0.507 e. The molecule has 0 spiro atoms. The molecule has 1 rings (SSSR count). The van der Waals surface area contributed by atoms with Crippen LogP contribution in [-0.4, -0.2) is 11.4 Å². The van der Waals surface area contributed by atoms with Gasteiger partial charge in [-0.15, -0.1) is 0 Å². The van der Waals surface area contributed by atoms with Gasteiger partial charge in [0.15, 0.2) is 6.29 Å². The number of carbonyl (C=O) groups is 1. The number of hydrogen-bond acceptors (Lipinski definition) is 2. The third-order valence-corrected chi connectivity index (χ3v) is 2.58. The largest absolute Gasteiger partial charge is 0.507 e. The first-order valence-electron chi connectivity index (χ1n) is 4.88. The first kappa shape index (κ1) is 10.8. The zero-order chi connectivity index (χ0) is 10.7. The van der Waals surface area contributed by atoms with Crippen molar-refractivity contribution in [2.75, 3.05) is 0 Å². The molecule has 0 bridgehead atoms. The van der Waals surface area contributed by atoms with Gasteiger partial charge in [0.1, 0.15) is 5.75 Å². The van der Waals surface area contributed by atoms with Crippen LogP contribution >= 0.6 is 0 Å². The number of phenolic OH excluding ortho intramolecular Hbond substituents is 1. The van der Waals surface area contributed by atoms with Crippen molar-refractivity contribution in [2.45, 2.75) is 33.1 Å². The second kappa shape index (κ2) is 4.27. The standard InChI is InChI=1S/C12H16O2/c1-4-9(3)11-6-8(2)5-10(7-13)12(11)14/h5-7,9,14H,4H2,1-3H3. The van der Waals surface area contributed by atoms with Crippen LogP contribution in [0, 0.1) is 6.92 Å². The van der Waals surface area contributed by atoms with E-state index in [0.29, 0.717) is 11.8 Å². The Kier molecular flexibility index (Phi) is 3.28. The van der Waals surface area contributed by atoms with E-state index in [1.54, 1.807) is 6.07 Å². The van der Waals surface area contributed by atoms with Gasteiger partial charge in [0, 0.05) is 0 Å². The summed E-state index contributed by atoms with van der Waals surface area (Å²) in [5, 5.41) is 9.78. The summed E-state index contributed by atoms with van der Waals surface area (Å²) in [7, 11) is 0. The molecule has 14 heavy (non-hydrogen) atoms. The highest BCUT2D eigenvalue weighted by atomic mass is 16.3. The Morgan fingerprint density at radius 2 is 2.14 bits per heavy atom. The number of rotatable bonds is 3. The molecular weight excluding hydrogens is 176 g/mol. The van der Waals surface area contributed by atoms with Crippen molar-refractivity contribution in [3.8, 4) is 5.75 Å². The second-order valence-electron chi connectivity index (χ2n) is 3.72. The van der Waals surface area contributed by atoms with Crippen LogP contribution in [0.4, 0.5) is 0 Å². The van der Waals surface area contributed by atoms with Crippen LogP contribution < -0.4 is 0 Å². The predicted molar refractivity (Wildman–Crippen MR) is 56.9 cm³/mol. The third kappa shape index (κ3) is 1.95. The normalized spacial score (nSPS) is 12.5. The molecule has 1 N–H and O–H groups in total. The van der Waals surface area contributed by atoms with Crippen molar-refractivity contribution >= 4 is 6.29 Å². The fourth-order valence-corrected chi connectivity index (χ4v) is 1.52. The second-order valence-corrected chi connectivity index (χ2v) is 3.72. The SMILES string of the molecule is CCC(C)c1cc(C)cc(C=O)c1O. The molecule has 1 aromatic rings. The van der Waals surface area contributed by atoms with E-state index in [1.807, 2.05) is 19.9 Å². The summed E-state index contributed by atoms with van der Waals surface area (Å²) in [5.74, 6) is 0.425. The number of carbonyl (C=O) groups excluding carboxylic acids is 1. The van der Waals surface area contributed by atoms with Gasteiger partial charge in [-0.25, -0.2) is 0 Å². The van der Waals surface area contributed by atoms with Crippen LogP contribution in [0.1, 0.15) is 47.7 Å². The van der Waals surface area contributed by atoms with Gasteiger partial charge in [0.25, 0.3) is 0 Å². The fraction of sp³-hybridized carbons (Fsp3) is 0.417. The molecule has 0 aliphatic carbocycles. The highest BCUT2D eigenvalue weighted by Crippen LogP contribution is 2.31. The molecule has 0 heterocycles. The van der Waals surface area contributed by atoms with Gasteiger partial charge in [-0.3, -0.25) is 4.79 Å². The van der Waals surface area contributed by atoms with Crippen molar-refractivity contribution in [2.24, 2.45) is 0 Å². The zero-order valence-corrected chi connectivity index (χ0v) is 8.87. The molecule has 1 unspecified atom stereocenters. The molecule has 2 heteroatoms. The van der Waals surface area contributed by atoms with E-state index in [2.05, 4.69) is 6.92 Å². The Morgan fingerprint density at radius 1 is 1.50 bits per heavy atom. The van der Waals surface area contributed by atoms with Crippen LogP contribution in [0.3, 0.4) is 0 Å². The maximum absolute atomic E-state index is 10.7. The predicted octanol–water partition coefficient (Wildman–Crippen LogP) is 3.03. The van der Waals surface area contributed by atoms with Crippen molar-refractivity contribution in [1.29, 1.82) is 0 Å². The molecule has 1 atom stereocenters. The Balaban J connectivity index is 3.28. The third-order valence-electron chi connectivity index (χ3n) is 2.58. The topological polar surface area (TPSA) is 37.3 Å². The molecule has 2 nitrogen and oxygen atoms in total. The molecular formula is C12H16O2. The van der Waals surface area contributed by atoms with Crippen LogP contribution in [0.25, 0.3) is 0 Å². The molecule has 0 aliphatic rings. The lowest BCUT2D eigenvalue weighted by atomic mass is 9.94. The van der Waals surface area contributed by atoms with Gasteiger partial charge in [-0.1, -0.05) is 19.9 Å². The van der Waals surface area contributed by atoms with Crippen LogP contribution in [0.5, 0.6) is 5.75 Å². The fourth-order valence-electron chi connectivity index (χ4n) is 1.52. The lowest BCUT2D eigenvalue weighted by molar-refractivity contribution is 0.112. The van der Waals surface area contributed by atoms with Crippen LogP contribution in [-0.2, 0) is 0 Å². The summed E-state index contributed by atoms with van der Waals surface area (Å²) in [4.78, 5) is 10.7. The van der Waals surface area contributed by atoms with Gasteiger partial charge >= 0.3 is 0 Å². The van der Waals surface area contributed by atoms with Crippen molar-refractivity contribution in [1.82, 2.24) is 0 Å². The van der Waals surface area contributed by atoms with E-state index in [4.69, 9.17) is 0 Å². The minimum atomic E-state index is 0.139. The van der Waals surface area contributed by atoms with E-state index >= 15 is 0 Å². The average molecular weight is 192 g/mol. The molecule has 1 aromatic carbocycles. The molecule has 0 saturated carbocycles. The van der Waals surface area contributed by atoms with E-state index in [0.717, 1.165) is 17.5 Å². The Bertz CT molecular complexity index is 342. The number of benzene rings is 1.